The van der Waals surface area contributed by atoms with Gasteiger partial charge in [-0.1, -0.05) is 23.7 Å². The Hall–Kier alpha value is -2.34. The molecular weight excluding hydrogens is 318 g/mol. The van der Waals surface area contributed by atoms with Gasteiger partial charge in [-0.05, 0) is 17.7 Å². The zero-order valence-corrected chi connectivity index (χ0v) is 13.2. The van der Waals surface area contributed by atoms with Crippen LogP contribution in [-0.2, 0) is 11.3 Å². The number of nitrogens with one attached hydrogen (secondary N) is 1. The fourth-order valence-electron chi connectivity index (χ4n) is 2.73. The molecule has 0 unspecified atom stereocenters. The van der Waals surface area contributed by atoms with Gasteiger partial charge in [0.25, 0.3) is 10.9 Å². The van der Waals surface area contributed by atoms with Crippen LogP contribution in [0.1, 0.15) is 5.56 Å². The smallest absolute Gasteiger partial charge is 0.253 e. The van der Waals surface area contributed by atoms with Crippen LogP contribution in [0.25, 0.3) is 0 Å². The van der Waals surface area contributed by atoms with Crippen LogP contribution in [0.3, 0.4) is 0 Å². The highest BCUT2D eigenvalue weighted by Crippen LogP contribution is 2.22. The van der Waals surface area contributed by atoms with E-state index in [1.165, 1.54) is 0 Å². The first-order valence-corrected chi connectivity index (χ1v) is 7.74. The molecule has 1 heterocycles. The summed E-state index contributed by atoms with van der Waals surface area (Å²) in [5.74, 6) is 0. The average molecular weight is 334 g/mol. The van der Waals surface area contributed by atoms with E-state index in [1.54, 1.807) is 11.0 Å². The van der Waals surface area contributed by atoms with E-state index in [1.807, 2.05) is 23.1 Å². The third kappa shape index (κ3) is 3.07. The van der Waals surface area contributed by atoms with Crippen LogP contribution in [-0.4, -0.2) is 37.5 Å². The number of anilines is 2. The number of amides is 1. The second kappa shape index (κ2) is 6.42. The Labute approximate surface area is 138 Å². The van der Waals surface area contributed by atoms with Crippen LogP contribution >= 0.6 is 11.6 Å². The molecule has 2 aromatic rings. The maximum absolute atomic E-state index is 11.9. The molecular formula is C16H16ClN3O3. The predicted molar refractivity (Wildman–Crippen MR) is 90.0 cm³/mol. The number of piperazine rings is 1. The van der Waals surface area contributed by atoms with Crippen molar-refractivity contribution in [2.24, 2.45) is 0 Å². The fraction of sp³-hybridized carbons (Fsp3) is 0.312. The summed E-state index contributed by atoms with van der Waals surface area (Å²) in [5, 5.41) is 3.67. The van der Waals surface area contributed by atoms with E-state index in [0.29, 0.717) is 49.1 Å². The standard InChI is InChI=1S/C16H16ClN3O3/c17-12-3-1-2-11(8-12)9-18-13-14(16(23)15(13)22)20-6-4-19(10-21)5-7-20/h1-3,8,10,18H,4-7,9H2. The average Bonchev–Trinajstić information content (AvgIpc) is 2.58. The van der Waals surface area contributed by atoms with Gasteiger partial charge in [0.2, 0.25) is 6.41 Å². The normalized spacial score (nSPS) is 15.0. The second-order valence-electron chi connectivity index (χ2n) is 5.49. The molecule has 0 saturated carbocycles. The topological polar surface area (TPSA) is 69.7 Å². The van der Waals surface area contributed by atoms with Gasteiger partial charge >= 0.3 is 0 Å². The molecule has 1 N–H and O–H groups in total. The molecule has 1 fully saturated rings. The van der Waals surface area contributed by atoms with Gasteiger partial charge in [0.15, 0.2) is 0 Å². The Morgan fingerprint density at radius 2 is 1.87 bits per heavy atom. The largest absolute Gasteiger partial charge is 0.376 e. The van der Waals surface area contributed by atoms with Gasteiger partial charge in [-0.3, -0.25) is 14.4 Å². The van der Waals surface area contributed by atoms with Crippen molar-refractivity contribution >= 4 is 29.4 Å². The lowest BCUT2D eigenvalue weighted by Crippen LogP contribution is -2.51. The number of hydrogen-bond donors (Lipinski definition) is 1. The van der Waals surface area contributed by atoms with Gasteiger partial charge in [-0.25, -0.2) is 0 Å². The molecule has 2 aromatic carbocycles. The number of nitrogens with zero attached hydrogens (tertiary/aromatic N) is 2. The minimum absolute atomic E-state index is 0.356. The van der Waals surface area contributed by atoms with E-state index in [9.17, 15) is 14.4 Å². The van der Waals surface area contributed by atoms with E-state index < -0.39 is 10.9 Å². The maximum atomic E-state index is 11.9. The molecule has 0 radical (unpaired) electrons. The van der Waals surface area contributed by atoms with Crippen LogP contribution in [0.5, 0.6) is 0 Å². The third-order valence-corrected chi connectivity index (χ3v) is 4.26. The van der Waals surface area contributed by atoms with Crippen molar-refractivity contribution in [2.45, 2.75) is 6.54 Å². The Morgan fingerprint density at radius 1 is 1.13 bits per heavy atom. The number of carbonyl (C=O) groups excluding carboxylic acids is 1. The first kappa shape index (κ1) is 15.6. The first-order valence-electron chi connectivity index (χ1n) is 7.36. The van der Waals surface area contributed by atoms with Crippen molar-refractivity contribution in [3.8, 4) is 0 Å². The van der Waals surface area contributed by atoms with Gasteiger partial charge in [-0.15, -0.1) is 0 Å². The molecule has 1 aliphatic heterocycles. The minimum Gasteiger partial charge on any atom is -0.376 e. The number of benzene rings is 1. The Balaban J connectivity index is 1.72. The lowest BCUT2D eigenvalue weighted by atomic mass is 10.1. The number of hydrogen-bond acceptors (Lipinski definition) is 5. The van der Waals surface area contributed by atoms with E-state index in [0.717, 1.165) is 12.0 Å². The van der Waals surface area contributed by atoms with Crippen molar-refractivity contribution < 1.29 is 4.79 Å². The summed E-state index contributed by atoms with van der Waals surface area (Å²) in [6.45, 7) is 2.63. The number of halogens is 1. The summed E-state index contributed by atoms with van der Waals surface area (Å²) in [6, 6.07) is 7.32. The molecule has 6 nitrogen and oxygen atoms in total. The third-order valence-electron chi connectivity index (χ3n) is 4.02. The zero-order valence-electron chi connectivity index (χ0n) is 12.4. The molecule has 1 aliphatic rings. The highest BCUT2D eigenvalue weighted by atomic mass is 35.5. The number of carbonyl (C=O) groups is 1. The fourth-order valence-corrected chi connectivity index (χ4v) is 2.95. The van der Waals surface area contributed by atoms with E-state index in [4.69, 9.17) is 11.6 Å². The van der Waals surface area contributed by atoms with Crippen molar-refractivity contribution in [1.82, 2.24) is 4.90 Å². The maximum Gasteiger partial charge on any atom is 0.253 e. The van der Waals surface area contributed by atoms with Crippen molar-refractivity contribution in [3.05, 3.63) is 55.3 Å². The van der Waals surface area contributed by atoms with Crippen LogP contribution in [0.4, 0.5) is 11.4 Å². The molecule has 0 spiro atoms. The first-order chi connectivity index (χ1) is 11.1. The van der Waals surface area contributed by atoms with Crippen molar-refractivity contribution in [1.29, 1.82) is 0 Å². The van der Waals surface area contributed by atoms with Crippen molar-refractivity contribution in [3.63, 3.8) is 0 Å². The lowest BCUT2D eigenvalue weighted by molar-refractivity contribution is -0.118. The van der Waals surface area contributed by atoms with Crippen LogP contribution < -0.4 is 21.1 Å². The van der Waals surface area contributed by atoms with E-state index in [2.05, 4.69) is 5.32 Å². The summed E-state index contributed by atoms with van der Waals surface area (Å²) in [4.78, 5) is 38.0. The van der Waals surface area contributed by atoms with Crippen LogP contribution in [0.15, 0.2) is 33.9 Å². The highest BCUT2D eigenvalue weighted by molar-refractivity contribution is 6.30. The summed E-state index contributed by atoms with van der Waals surface area (Å²) in [5.41, 5.74) is 0.775. The van der Waals surface area contributed by atoms with Crippen LogP contribution in [0, 0.1) is 0 Å². The Morgan fingerprint density at radius 3 is 2.52 bits per heavy atom. The molecule has 120 valence electrons. The molecule has 23 heavy (non-hydrogen) atoms. The van der Waals surface area contributed by atoms with Gasteiger partial charge in [0.05, 0.1) is 0 Å². The molecule has 0 atom stereocenters. The molecule has 0 bridgehead atoms. The Kier molecular flexibility index (Phi) is 4.34. The SMILES string of the molecule is O=CN1CCN(c2c(NCc3cccc(Cl)c3)c(=O)c2=O)CC1. The molecule has 1 amide bonds. The molecule has 0 aromatic heterocycles. The summed E-state index contributed by atoms with van der Waals surface area (Å²) in [7, 11) is 0. The second-order valence-corrected chi connectivity index (χ2v) is 5.93. The lowest BCUT2D eigenvalue weighted by Gasteiger charge is -2.35. The van der Waals surface area contributed by atoms with Crippen molar-refractivity contribution in [2.75, 3.05) is 36.4 Å². The number of rotatable bonds is 5. The molecule has 1 saturated heterocycles. The summed E-state index contributed by atoms with van der Waals surface area (Å²) >= 11 is 5.94. The van der Waals surface area contributed by atoms with Gasteiger partial charge in [0.1, 0.15) is 11.4 Å². The quantitative estimate of drug-likeness (QED) is 0.648. The van der Waals surface area contributed by atoms with E-state index in [-0.39, 0.29) is 0 Å². The monoisotopic (exact) mass is 333 g/mol. The van der Waals surface area contributed by atoms with Gasteiger partial charge in [0, 0.05) is 37.7 Å². The molecule has 0 aliphatic carbocycles. The zero-order chi connectivity index (χ0) is 16.4. The molecule has 3 rings (SSSR count). The molecule has 7 heteroatoms. The minimum atomic E-state index is -0.486. The van der Waals surface area contributed by atoms with E-state index >= 15 is 0 Å². The van der Waals surface area contributed by atoms with Crippen LogP contribution in [0.2, 0.25) is 5.02 Å². The van der Waals surface area contributed by atoms with Gasteiger partial charge in [-0.2, -0.15) is 0 Å². The Bertz CT molecular complexity index is 790. The summed E-state index contributed by atoms with van der Waals surface area (Å²) < 4.78 is 0. The summed E-state index contributed by atoms with van der Waals surface area (Å²) in [6.07, 6.45) is 0.803. The van der Waals surface area contributed by atoms with Gasteiger partial charge < -0.3 is 15.1 Å². The highest BCUT2D eigenvalue weighted by Gasteiger charge is 2.28. The predicted octanol–water partition coefficient (Wildman–Crippen LogP) is 0.827.